The molecule has 0 fully saturated rings. The lowest BCUT2D eigenvalue weighted by atomic mass is 10.2. The summed E-state index contributed by atoms with van der Waals surface area (Å²) in [5.74, 6) is -1.66. The van der Waals surface area contributed by atoms with Crippen molar-refractivity contribution in [3.63, 3.8) is 0 Å². The number of anilines is 1. The van der Waals surface area contributed by atoms with Gasteiger partial charge in [0.05, 0.1) is 49.2 Å². The van der Waals surface area contributed by atoms with Gasteiger partial charge in [-0.1, -0.05) is 11.6 Å². The van der Waals surface area contributed by atoms with E-state index in [1.54, 1.807) is 0 Å². The van der Waals surface area contributed by atoms with Crippen LogP contribution < -0.4 is 5.32 Å². The molecule has 1 aromatic rings. The molecule has 0 atom stereocenters. The summed E-state index contributed by atoms with van der Waals surface area (Å²) in [5.41, 5.74) is 0.742. The second-order valence-electron chi connectivity index (χ2n) is 5.11. The topological polar surface area (TPSA) is 105 Å². The highest BCUT2D eigenvalue weighted by Gasteiger charge is 2.34. The molecule has 1 amide bonds. The standard InChI is InChI=1S/C16H17ClN2O6/c1-24-15(22)9-3-4-12(11(17)7-9)18-13-10(16(23)25-2)8-19(5-6-20)14(13)21/h3-4,7,18,20H,5-6,8H2,1-2H3. The number of aliphatic hydroxyl groups excluding tert-OH is 1. The number of hydrogen-bond donors (Lipinski definition) is 2. The summed E-state index contributed by atoms with van der Waals surface area (Å²) in [6.07, 6.45) is 0. The molecule has 134 valence electrons. The number of halogens is 1. The Morgan fingerprint density at radius 3 is 2.52 bits per heavy atom. The predicted octanol–water partition coefficient (Wildman–Crippen LogP) is 0.800. The second-order valence-corrected chi connectivity index (χ2v) is 5.51. The molecule has 2 N–H and O–H groups in total. The van der Waals surface area contributed by atoms with Crippen LogP contribution >= 0.6 is 11.6 Å². The van der Waals surface area contributed by atoms with Crippen LogP contribution in [0.1, 0.15) is 10.4 Å². The number of aliphatic hydroxyl groups is 1. The minimum absolute atomic E-state index is 0.0201. The Balaban J connectivity index is 2.33. The fraction of sp³-hybridized carbons (Fsp3) is 0.312. The molecule has 0 aliphatic carbocycles. The number of hydrogen-bond acceptors (Lipinski definition) is 7. The molecule has 1 aromatic carbocycles. The molecule has 0 spiro atoms. The Morgan fingerprint density at radius 1 is 1.28 bits per heavy atom. The fourth-order valence-corrected chi connectivity index (χ4v) is 2.57. The summed E-state index contributed by atoms with van der Waals surface area (Å²) in [4.78, 5) is 37.2. The largest absolute Gasteiger partial charge is 0.466 e. The molecule has 0 radical (unpaired) electrons. The quantitative estimate of drug-likeness (QED) is 0.715. The average molecular weight is 369 g/mol. The van der Waals surface area contributed by atoms with Gasteiger partial charge in [0.2, 0.25) is 0 Å². The van der Waals surface area contributed by atoms with E-state index in [9.17, 15) is 14.4 Å². The van der Waals surface area contributed by atoms with E-state index >= 15 is 0 Å². The number of β-amino-alcohol motifs (C(OH)–C–C–N with tert-alkyl or cyclic N) is 1. The molecule has 1 aliphatic rings. The number of benzene rings is 1. The number of carbonyl (C=O) groups excluding carboxylic acids is 3. The van der Waals surface area contributed by atoms with Crippen LogP contribution in [0.3, 0.4) is 0 Å². The van der Waals surface area contributed by atoms with Crippen molar-refractivity contribution in [2.45, 2.75) is 0 Å². The lowest BCUT2D eigenvalue weighted by molar-refractivity contribution is -0.136. The fourth-order valence-electron chi connectivity index (χ4n) is 2.34. The number of nitrogens with zero attached hydrogens (tertiary/aromatic N) is 1. The minimum Gasteiger partial charge on any atom is -0.466 e. The molecule has 1 heterocycles. The van der Waals surface area contributed by atoms with Crippen LogP contribution in [0.4, 0.5) is 5.69 Å². The van der Waals surface area contributed by atoms with Gasteiger partial charge >= 0.3 is 11.9 Å². The molecule has 2 rings (SSSR count). The highest BCUT2D eigenvalue weighted by atomic mass is 35.5. The third-order valence-corrected chi connectivity index (χ3v) is 3.92. The Morgan fingerprint density at radius 2 is 1.96 bits per heavy atom. The first-order valence-electron chi connectivity index (χ1n) is 7.29. The molecule has 0 unspecified atom stereocenters. The number of methoxy groups -OCH3 is 2. The van der Waals surface area contributed by atoms with Crippen molar-refractivity contribution in [1.82, 2.24) is 4.90 Å². The molecule has 0 saturated carbocycles. The molecular formula is C16H17ClN2O6. The highest BCUT2D eigenvalue weighted by molar-refractivity contribution is 6.33. The Kier molecular flexibility index (Phi) is 6.00. The van der Waals surface area contributed by atoms with Gasteiger partial charge in [0.15, 0.2) is 0 Å². The number of nitrogens with one attached hydrogen (secondary N) is 1. The van der Waals surface area contributed by atoms with Gasteiger partial charge in [0, 0.05) is 6.54 Å². The highest BCUT2D eigenvalue weighted by Crippen LogP contribution is 2.28. The zero-order chi connectivity index (χ0) is 18.6. The molecule has 0 bridgehead atoms. The van der Waals surface area contributed by atoms with Crippen molar-refractivity contribution in [2.75, 3.05) is 39.2 Å². The van der Waals surface area contributed by atoms with Gasteiger partial charge in [-0.05, 0) is 18.2 Å². The average Bonchev–Trinajstić information content (AvgIpc) is 2.92. The summed E-state index contributed by atoms with van der Waals surface area (Å²) >= 11 is 6.14. The zero-order valence-electron chi connectivity index (χ0n) is 13.7. The predicted molar refractivity (Wildman–Crippen MR) is 89.1 cm³/mol. The normalized spacial score (nSPS) is 13.9. The van der Waals surface area contributed by atoms with E-state index in [0.717, 1.165) is 0 Å². The molecule has 8 nitrogen and oxygen atoms in total. The van der Waals surface area contributed by atoms with Gasteiger partial charge in [-0.25, -0.2) is 9.59 Å². The zero-order valence-corrected chi connectivity index (χ0v) is 14.4. The summed E-state index contributed by atoms with van der Waals surface area (Å²) in [6, 6.07) is 4.36. The van der Waals surface area contributed by atoms with Crippen LogP contribution in [-0.2, 0) is 19.1 Å². The number of amides is 1. The molecule has 1 aliphatic heterocycles. The van der Waals surface area contributed by atoms with Gasteiger partial charge in [-0.3, -0.25) is 4.79 Å². The SMILES string of the molecule is COC(=O)C1=C(Nc2ccc(C(=O)OC)cc2Cl)C(=O)N(CCO)C1. The summed E-state index contributed by atoms with van der Waals surface area (Å²) in [7, 11) is 2.47. The monoisotopic (exact) mass is 368 g/mol. The summed E-state index contributed by atoms with van der Waals surface area (Å²) < 4.78 is 9.31. The van der Waals surface area contributed by atoms with Gasteiger partial charge in [0.1, 0.15) is 5.70 Å². The van der Waals surface area contributed by atoms with Gasteiger partial charge in [-0.15, -0.1) is 0 Å². The summed E-state index contributed by atoms with van der Waals surface area (Å²) in [6.45, 7) is -0.131. The van der Waals surface area contributed by atoms with Crippen molar-refractivity contribution in [1.29, 1.82) is 0 Å². The number of ether oxygens (including phenoxy) is 2. The van der Waals surface area contributed by atoms with Crippen molar-refractivity contribution in [3.8, 4) is 0 Å². The van der Waals surface area contributed by atoms with Gasteiger partial charge in [0.25, 0.3) is 5.91 Å². The molecule has 9 heteroatoms. The first kappa shape index (κ1) is 18.8. The van der Waals surface area contributed by atoms with Crippen LogP contribution in [-0.4, -0.2) is 61.8 Å². The van der Waals surface area contributed by atoms with E-state index in [0.29, 0.717) is 5.69 Å². The molecular weight excluding hydrogens is 352 g/mol. The van der Waals surface area contributed by atoms with Gasteiger partial charge < -0.3 is 24.8 Å². The maximum absolute atomic E-state index is 12.4. The van der Waals surface area contributed by atoms with E-state index in [-0.39, 0.29) is 41.6 Å². The van der Waals surface area contributed by atoms with Crippen molar-refractivity contribution >= 4 is 35.1 Å². The molecule has 0 saturated heterocycles. The maximum atomic E-state index is 12.4. The molecule has 0 aromatic heterocycles. The number of esters is 2. The third-order valence-electron chi connectivity index (χ3n) is 3.60. The third kappa shape index (κ3) is 3.92. The van der Waals surface area contributed by atoms with Crippen molar-refractivity contribution < 1.29 is 29.0 Å². The van der Waals surface area contributed by atoms with Crippen molar-refractivity contribution in [2.24, 2.45) is 0 Å². The number of carbonyl (C=O) groups is 3. The maximum Gasteiger partial charge on any atom is 0.337 e. The summed E-state index contributed by atoms with van der Waals surface area (Å²) in [5, 5.41) is 12.0. The second kappa shape index (κ2) is 8.00. The van der Waals surface area contributed by atoms with E-state index in [4.69, 9.17) is 21.4 Å². The first-order valence-corrected chi connectivity index (χ1v) is 7.67. The van der Waals surface area contributed by atoms with E-state index in [1.807, 2.05) is 0 Å². The lowest BCUT2D eigenvalue weighted by Crippen LogP contribution is -2.31. The van der Waals surface area contributed by atoms with Crippen LogP contribution in [0.5, 0.6) is 0 Å². The van der Waals surface area contributed by atoms with E-state index in [1.165, 1.54) is 37.3 Å². The first-order chi connectivity index (χ1) is 11.9. The molecule has 25 heavy (non-hydrogen) atoms. The van der Waals surface area contributed by atoms with E-state index < -0.39 is 17.8 Å². The van der Waals surface area contributed by atoms with Crippen LogP contribution in [0, 0.1) is 0 Å². The van der Waals surface area contributed by atoms with Gasteiger partial charge in [-0.2, -0.15) is 0 Å². The minimum atomic E-state index is -0.654. The Labute approximate surface area is 149 Å². The van der Waals surface area contributed by atoms with Crippen LogP contribution in [0.2, 0.25) is 5.02 Å². The smallest absolute Gasteiger partial charge is 0.337 e. The van der Waals surface area contributed by atoms with Crippen LogP contribution in [0.15, 0.2) is 29.5 Å². The lowest BCUT2D eigenvalue weighted by Gasteiger charge is -2.15. The van der Waals surface area contributed by atoms with E-state index in [2.05, 4.69) is 10.1 Å². The van der Waals surface area contributed by atoms with Crippen LogP contribution in [0.25, 0.3) is 0 Å². The Bertz CT molecular complexity index is 746. The number of rotatable bonds is 6. The van der Waals surface area contributed by atoms with Crippen molar-refractivity contribution in [3.05, 3.63) is 40.1 Å². The Hall–Kier alpha value is -2.58.